The topological polar surface area (TPSA) is 20.2 Å². The quantitative estimate of drug-likeness (QED) is 0.845. The summed E-state index contributed by atoms with van der Waals surface area (Å²) in [7, 11) is 0. The molecule has 0 aromatic heterocycles. The summed E-state index contributed by atoms with van der Waals surface area (Å²) >= 11 is 1.93. The number of thioether (sulfide) groups is 1. The summed E-state index contributed by atoms with van der Waals surface area (Å²) in [4.78, 5) is 0. The molecule has 0 radical (unpaired) electrons. The van der Waals surface area contributed by atoms with Crippen LogP contribution in [0.4, 0.5) is 0 Å². The lowest BCUT2D eigenvalue weighted by atomic mass is 10.0. The summed E-state index contributed by atoms with van der Waals surface area (Å²) in [6.07, 6.45) is 0.884. The normalized spacial score (nSPS) is 12.8. The maximum atomic E-state index is 8.87. The molecule has 1 aromatic carbocycles. The second-order valence-electron chi connectivity index (χ2n) is 4.51. The van der Waals surface area contributed by atoms with Crippen molar-refractivity contribution >= 4 is 11.8 Å². The van der Waals surface area contributed by atoms with Crippen molar-refractivity contribution < 1.29 is 5.11 Å². The molecule has 2 heteroatoms. The number of hydrogen-bond donors (Lipinski definition) is 1. The molecule has 0 aliphatic heterocycles. The van der Waals surface area contributed by atoms with E-state index < -0.39 is 0 Å². The summed E-state index contributed by atoms with van der Waals surface area (Å²) < 4.78 is 0. The molecule has 1 rings (SSSR count). The van der Waals surface area contributed by atoms with Gasteiger partial charge >= 0.3 is 0 Å². The Morgan fingerprint density at radius 1 is 1.19 bits per heavy atom. The van der Waals surface area contributed by atoms with Crippen molar-refractivity contribution in [2.75, 3.05) is 6.61 Å². The van der Waals surface area contributed by atoms with E-state index in [0.29, 0.717) is 11.9 Å². The van der Waals surface area contributed by atoms with Crippen LogP contribution in [-0.4, -0.2) is 17.0 Å². The highest BCUT2D eigenvalue weighted by molar-refractivity contribution is 7.99. The highest BCUT2D eigenvalue weighted by Crippen LogP contribution is 2.25. The minimum Gasteiger partial charge on any atom is -0.396 e. The molecule has 1 atom stereocenters. The molecule has 0 aliphatic rings. The van der Waals surface area contributed by atoms with E-state index in [4.69, 9.17) is 5.11 Å². The van der Waals surface area contributed by atoms with E-state index in [1.54, 1.807) is 0 Å². The van der Waals surface area contributed by atoms with Crippen LogP contribution < -0.4 is 0 Å². The van der Waals surface area contributed by atoms with Gasteiger partial charge < -0.3 is 5.11 Å². The molecular formula is C14H22OS. The van der Waals surface area contributed by atoms with Crippen LogP contribution in [0.15, 0.2) is 12.1 Å². The van der Waals surface area contributed by atoms with Gasteiger partial charge in [0, 0.05) is 17.6 Å². The molecule has 16 heavy (non-hydrogen) atoms. The van der Waals surface area contributed by atoms with Crippen molar-refractivity contribution in [1.82, 2.24) is 0 Å². The maximum absolute atomic E-state index is 8.87. The number of rotatable bonds is 5. The SMILES string of the molecule is Cc1cc(C)c(CSC(C)CCO)c(C)c1. The zero-order valence-electron chi connectivity index (χ0n) is 10.7. The molecule has 1 unspecified atom stereocenters. The predicted molar refractivity (Wildman–Crippen MR) is 73.1 cm³/mol. The Morgan fingerprint density at radius 3 is 2.25 bits per heavy atom. The first kappa shape index (κ1) is 13.6. The van der Waals surface area contributed by atoms with Crippen LogP contribution in [0.2, 0.25) is 0 Å². The maximum Gasteiger partial charge on any atom is 0.0441 e. The molecule has 0 heterocycles. The zero-order chi connectivity index (χ0) is 12.1. The molecule has 1 aromatic rings. The van der Waals surface area contributed by atoms with Crippen molar-refractivity contribution in [3.63, 3.8) is 0 Å². The molecule has 1 nitrogen and oxygen atoms in total. The first-order valence-electron chi connectivity index (χ1n) is 5.83. The van der Waals surface area contributed by atoms with Crippen molar-refractivity contribution in [2.45, 2.75) is 45.1 Å². The largest absolute Gasteiger partial charge is 0.396 e. The van der Waals surface area contributed by atoms with Gasteiger partial charge in [0.1, 0.15) is 0 Å². The lowest BCUT2D eigenvalue weighted by Gasteiger charge is -2.14. The second kappa shape index (κ2) is 6.31. The molecule has 0 bridgehead atoms. The standard InChI is InChI=1S/C14H22OS/c1-10-7-11(2)14(12(3)8-10)9-16-13(4)5-6-15/h7-8,13,15H,5-6,9H2,1-4H3. The summed E-state index contributed by atoms with van der Waals surface area (Å²) in [6, 6.07) is 4.50. The van der Waals surface area contributed by atoms with Crippen LogP contribution in [0, 0.1) is 20.8 Å². The molecular weight excluding hydrogens is 216 g/mol. The van der Waals surface area contributed by atoms with Gasteiger partial charge in [-0.1, -0.05) is 24.6 Å². The van der Waals surface area contributed by atoms with Gasteiger partial charge in [-0.05, 0) is 43.9 Å². The summed E-state index contributed by atoms with van der Waals surface area (Å²) in [5.74, 6) is 1.05. The third-order valence-corrected chi connectivity index (χ3v) is 4.15. The fourth-order valence-corrected chi connectivity index (χ4v) is 3.11. The third kappa shape index (κ3) is 3.84. The van der Waals surface area contributed by atoms with E-state index in [2.05, 4.69) is 39.8 Å². The molecule has 90 valence electrons. The van der Waals surface area contributed by atoms with Gasteiger partial charge in [-0.25, -0.2) is 0 Å². The van der Waals surface area contributed by atoms with Crippen LogP contribution in [0.25, 0.3) is 0 Å². The van der Waals surface area contributed by atoms with Crippen molar-refractivity contribution in [3.05, 3.63) is 34.4 Å². The molecule has 0 saturated carbocycles. The van der Waals surface area contributed by atoms with E-state index >= 15 is 0 Å². The van der Waals surface area contributed by atoms with E-state index in [9.17, 15) is 0 Å². The number of aliphatic hydroxyl groups excluding tert-OH is 1. The van der Waals surface area contributed by atoms with Crippen LogP contribution in [0.5, 0.6) is 0 Å². The third-order valence-electron chi connectivity index (χ3n) is 2.89. The highest BCUT2D eigenvalue weighted by Gasteiger charge is 2.07. The minimum absolute atomic E-state index is 0.292. The van der Waals surface area contributed by atoms with Gasteiger partial charge in [0.05, 0.1) is 0 Å². The fraction of sp³-hybridized carbons (Fsp3) is 0.571. The molecule has 0 aliphatic carbocycles. The van der Waals surface area contributed by atoms with E-state index in [1.807, 2.05) is 11.8 Å². The Hall–Kier alpha value is -0.470. The number of aryl methyl sites for hydroxylation is 3. The number of hydrogen-bond acceptors (Lipinski definition) is 2. The van der Waals surface area contributed by atoms with Crippen LogP contribution >= 0.6 is 11.8 Å². The Balaban J connectivity index is 2.67. The Kier molecular flexibility index (Phi) is 5.36. The first-order valence-corrected chi connectivity index (χ1v) is 6.88. The lowest BCUT2D eigenvalue weighted by Crippen LogP contribution is -2.01. The van der Waals surface area contributed by atoms with Gasteiger partial charge in [-0.3, -0.25) is 0 Å². The Morgan fingerprint density at radius 2 is 1.75 bits per heavy atom. The summed E-state index contributed by atoms with van der Waals surface area (Å²) in [6.45, 7) is 8.99. The average Bonchev–Trinajstić information content (AvgIpc) is 2.16. The highest BCUT2D eigenvalue weighted by atomic mass is 32.2. The average molecular weight is 238 g/mol. The van der Waals surface area contributed by atoms with Crippen LogP contribution in [0.1, 0.15) is 35.6 Å². The van der Waals surface area contributed by atoms with Crippen molar-refractivity contribution in [3.8, 4) is 0 Å². The van der Waals surface area contributed by atoms with E-state index in [-0.39, 0.29) is 0 Å². The molecule has 0 saturated heterocycles. The van der Waals surface area contributed by atoms with E-state index in [0.717, 1.165) is 12.2 Å². The van der Waals surface area contributed by atoms with Gasteiger partial charge in [-0.15, -0.1) is 0 Å². The van der Waals surface area contributed by atoms with Gasteiger partial charge in [0.2, 0.25) is 0 Å². The van der Waals surface area contributed by atoms with Crippen LogP contribution in [-0.2, 0) is 5.75 Å². The molecule has 0 spiro atoms. The second-order valence-corrected chi connectivity index (χ2v) is 5.94. The van der Waals surface area contributed by atoms with Crippen molar-refractivity contribution in [1.29, 1.82) is 0 Å². The lowest BCUT2D eigenvalue weighted by molar-refractivity contribution is 0.289. The first-order chi connectivity index (χ1) is 7.54. The van der Waals surface area contributed by atoms with Gasteiger partial charge in [0.15, 0.2) is 0 Å². The minimum atomic E-state index is 0.292. The number of aliphatic hydroxyl groups is 1. The van der Waals surface area contributed by atoms with Gasteiger partial charge in [0.25, 0.3) is 0 Å². The van der Waals surface area contributed by atoms with Gasteiger partial charge in [-0.2, -0.15) is 11.8 Å². The summed E-state index contributed by atoms with van der Waals surface area (Å²) in [5, 5.41) is 9.40. The molecule has 1 N–H and O–H groups in total. The fourth-order valence-electron chi connectivity index (χ4n) is 1.93. The zero-order valence-corrected chi connectivity index (χ0v) is 11.5. The summed E-state index contributed by atoms with van der Waals surface area (Å²) in [5.41, 5.74) is 5.58. The smallest absolute Gasteiger partial charge is 0.0441 e. The Bertz CT molecular complexity index is 324. The van der Waals surface area contributed by atoms with E-state index in [1.165, 1.54) is 22.3 Å². The molecule has 0 amide bonds. The molecule has 0 fully saturated rings. The number of benzene rings is 1. The predicted octanol–water partition coefficient (Wildman–Crippen LogP) is 3.62. The monoisotopic (exact) mass is 238 g/mol. The Labute approximate surface area is 103 Å². The van der Waals surface area contributed by atoms with Crippen LogP contribution in [0.3, 0.4) is 0 Å². The van der Waals surface area contributed by atoms with Crippen molar-refractivity contribution in [2.24, 2.45) is 0 Å².